The second-order valence-electron chi connectivity index (χ2n) is 7.93. The zero-order valence-electron chi connectivity index (χ0n) is 16.6. The van der Waals surface area contributed by atoms with Crippen molar-refractivity contribution in [2.24, 2.45) is 7.05 Å². The molecule has 0 unspecified atom stereocenters. The molecule has 4 rings (SSSR count). The van der Waals surface area contributed by atoms with E-state index >= 15 is 0 Å². The molecule has 3 amide bonds. The predicted octanol–water partition coefficient (Wildman–Crippen LogP) is 2.47. The summed E-state index contributed by atoms with van der Waals surface area (Å²) in [5.74, 6) is -3.87. The van der Waals surface area contributed by atoms with Crippen molar-refractivity contribution >= 4 is 17.7 Å². The van der Waals surface area contributed by atoms with Crippen LogP contribution in [0.3, 0.4) is 0 Å². The summed E-state index contributed by atoms with van der Waals surface area (Å²) in [6, 6.07) is 0.959. The summed E-state index contributed by atoms with van der Waals surface area (Å²) in [4.78, 5) is 47.0. The van der Waals surface area contributed by atoms with Gasteiger partial charge in [-0.05, 0) is 31.4 Å². The number of hydrogen-bond donors (Lipinski definition) is 1. The van der Waals surface area contributed by atoms with Crippen LogP contribution in [-0.4, -0.2) is 55.2 Å². The number of urea groups is 1. The van der Waals surface area contributed by atoms with Gasteiger partial charge in [0.05, 0.1) is 17.9 Å². The third-order valence-corrected chi connectivity index (χ3v) is 5.93. The van der Waals surface area contributed by atoms with Crippen LogP contribution in [0.5, 0.6) is 0 Å². The van der Waals surface area contributed by atoms with Gasteiger partial charge in [-0.2, -0.15) is 0 Å². The molecule has 30 heavy (non-hydrogen) atoms. The Morgan fingerprint density at radius 3 is 2.43 bits per heavy atom. The molecule has 2 fully saturated rings. The molecule has 0 aromatic carbocycles. The highest BCUT2D eigenvalue weighted by atomic mass is 19.3. The van der Waals surface area contributed by atoms with Crippen molar-refractivity contribution in [3.8, 4) is 11.3 Å². The third kappa shape index (κ3) is 3.25. The van der Waals surface area contributed by atoms with Crippen LogP contribution < -0.4 is 5.32 Å². The molecular formula is C20H21F2N5O3. The number of nitrogens with one attached hydrogen (secondary N) is 1. The van der Waals surface area contributed by atoms with Crippen molar-refractivity contribution in [3.63, 3.8) is 0 Å². The molecule has 1 saturated carbocycles. The second-order valence-corrected chi connectivity index (χ2v) is 7.93. The maximum Gasteiger partial charge on any atom is 0.325 e. The molecule has 1 N–H and O–H groups in total. The van der Waals surface area contributed by atoms with Gasteiger partial charge in [0, 0.05) is 37.8 Å². The average Bonchev–Trinajstić information content (AvgIpc) is 3.13. The lowest BCUT2D eigenvalue weighted by Crippen LogP contribution is -2.51. The number of aromatic nitrogens is 3. The lowest BCUT2D eigenvalue weighted by atomic mass is 9.80. The third-order valence-electron chi connectivity index (χ3n) is 5.93. The minimum atomic E-state index is -2.84. The standard InChI is InChI=1S/C20H21F2N5O3/c1-12-7-14(26(2)16(12)13-8-23-11-24-9-13)15(28)10-27-17(29)19(25-18(27)30)3-5-20(21,22)6-4-19/h7-9,11H,3-6,10H2,1-2H3,(H,25,30). The molecular weight excluding hydrogens is 396 g/mol. The quantitative estimate of drug-likeness (QED) is 0.609. The van der Waals surface area contributed by atoms with Crippen molar-refractivity contribution in [1.29, 1.82) is 0 Å². The number of hydrogen-bond acceptors (Lipinski definition) is 5. The molecule has 1 aliphatic heterocycles. The molecule has 0 atom stereocenters. The van der Waals surface area contributed by atoms with Gasteiger partial charge >= 0.3 is 6.03 Å². The fraction of sp³-hybridized carbons (Fsp3) is 0.450. The SMILES string of the molecule is Cc1cc(C(=O)CN2C(=O)NC3(CCC(F)(F)CC3)C2=O)n(C)c1-c1cncnc1. The molecule has 1 spiro atoms. The monoisotopic (exact) mass is 417 g/mol. The number of rotatable bonds is 4. The summed E-state index contributed by atoms with van der Waals surface area (Å²) in [6.07, 6.45) is 3.43. The molecule has 10 heteroatoms. The Hall–Kier alpha value is -3.17. The van der Waals surface area contributed by atoms with E-state index in [4.69, 9.17) is 0 Å². The van der Waals surface area contributed by atoms with E-state index < -0.39 is 48.6 Å². The van der Waals surface area contributed by atoms with E-state index in [1.807, 2.05) is 6.92 Å². The van der Waals surface area contributed by atoms with Crippen LogP contribution in [0, 0.1) is 6.92 Å². The molecule has 8 nitrogen and oxygen atoms in total. The van der Waals surface area contributed by atoms with Crippen molar-refractivity contribution in [2.45, 2.75) is 44.1 Å². The van der Waals surface area contributed by atoms with Crippen molar-refractivity contribution in [3.05, 3.63) is 36.0 Å². The van der Waals surface area contributed by atoms with Gasteiger partial charge in [0.25, 0.3) is 5.91 Å². The number of ketones is 1. The van der Waals surface area contributed by atoms with E-state index in [0.717, 1.165) is 21.7 Å². The molecule has 0 radical (unpaired) electrons. The number of alkyl halides is 2. The number of Topliss-reactive ketones (excluding diaryl/α,β-unsaturated/α-hetero) is 1. The summed E-state index contributed by atoms with van der Waals surface area (Å²) in [5, 5.41) is 2.55. The summed E-state index contributed by atoms with van der Waals surface area (Å²) in [7, 11) is 1.71. The second kappa shape index (κ2) is 6.96. The van der Waals surface area contributed by atoms with Gasteiger partial charge < -0.3 is 9.88 Å². The molecule has 2 aromatic rings. The Balaban J connectivity index is 1.55. The van der Waals surface area contributed by atoms with Crippen LogP contribution in [0.15, 0.2) is 24.8 Å². The summed E-state index contributed by atoms with van der Waals surface area (Å²) in [6.45, 7) is 1.38. The fourth-order valence-corrected chi connectivity index (χ4v) is 4.29. The first-order valence-electron chi connectivity index (χ1n) is 9.60. The molecule has 158 valence electrons. The zero-order valence-corrected chi connectivity index (χ0v) is 16.6. The highest BCUT2D eigenvalue weighted by molar-refractivity contribution is 6.11. The number of carbonyl (C=O) groups is 3. The highest BCUT2D eigenvalue weighted by Crippen LogP contribution is 2.41. The number of halogens is 2. The Kier molecular flexibility index (Phi) is 4.67. The fourth-order valence-electron chi connectivity index (χ4n) is 4.29. The van der Waals surface area contributed by atoms with E-state index in [1.54, 1.807) is 30.1 Å². The molecule has 2 aromatic heterocycles. The average molecular weight is 417 g/mol. The Morgan fingerprint density at radius 2 is 1.80 bits per heavy atom. The number of imide groups is 1. The maximum atomic E-state index is 13.5. The van der Waals surface area contributed by atoms with Gasteiger partial charge in [-0.15, -0.1) is 0 Å². The lowest BCUT2D eigenvalue weighted by molar-refractivity contribution is -0.135. The molecule has 3 heterocycles. The lowest BCUT2D eigenvalue weighted by Gasteiger charge is -2.34. The van der Waals surface area contributed by atoms with Crippen molar-refractivity contribution in [2.75, 3.05) is 6.54 Å². The first kappa shape index (κ1) is 20.1. The summed E-state index contributed by atoms with van der Waals surface area (Å²) in [5.41, 5.74) is 1.29. The Labute approximate surface area is 171 Å². The van der Waals surface area contributed by atoms with Crippen LogP contribution in [0.2, 0.25) is 0 Å². The molecule has 1 aliphatic carbocycles. The van der Waals surface area contributed by atoms with Crippen LogP contribution in [0.1, 0.15) is 41.7 Å². The van der Waals surface area contributed by atoms with Gasteiger partial charge in [0.15, 0.2) is 5.78 Å². The Bertz CT molecular complexity index is 1020. The summed E-state index contributed by atoms with van der Waals surface area (Å²) >= 11 is 0. The van der Waals surface area contributed by atoms with Gasteiger partial charge in [-0.25, -0.2) is 23.5 Å². The number of carbonyl (C=O) groups excluding carboxylic acids is 3. The van der Waals surface area contributed by atoms with Crippen LogP contribution in [0.25, 0.3) is 11.3 Å². The normalized spacial score (nSPS) is 19.9. The van der Waals surface area contributed by atoms with Crippen LogP contribution in [0.4, 0.5) is 13.6 Å². The maximum absolute atomic E-state index is 13.5. The molecule has 1 saturated heterocycles. The number of amides is 3. The van der Waals surface area contributed by atoms with Crippen LogP contribution in [-0.2, 0) is 11.8 Å². The first-order chi connectivity index (χ1) is 14.1. The van der Waals surface area contributed by atoms with Gasteiger partial charge in [0.2, 0.25) is 5.92 Å². The largest absolute Gasteiger partial charge is 0.341 e. The molecule has 0 bridgehead atoms. The minimum absolute atomic E-state index is 0.142. The van der Waals surface area contributed by atoms with Crippen LogP contribution >= 0.6 is 0 Å². The van der Waals surface area contributed by atoms with Gasteiger partial charge in [0.1, 0.15) is 11.9 Å². The predicted molar refractivity (Wildman–Crippen MR) is 102 cm³/mol. The van der Waals surface area contributed by atoms with E-state index in [9.17, 15) is 23.2 Å². The zero-order chi connectivity index (χ0) is 21.7. The van der Waals surface area contributed by atoms with Gasteiger partial charge in [-0.1, -0.05) is 0 Å². The Morgan fingerprint density at radius 1 is 1.17 bits per heavy atom. The number of nitrogens with zero attached hydrogens (tertiary/aromatic N) is 4. The molecule has 2 aliphatic rings. The van der Waals surface area contributed by atoms with E-state index in [-0.39, 0.29) is 12.8 Å². The van der Waals surface area contributed by atoms with E-state index in [2.05, 4.69) is 15.3 Å². The minimum Gasteiger partial charge on any atom is -0.341 e. The smallest absolute Gasteiger partial charge is 0.325 e. The topological polar surface area (TPSA) is 97.2 Å². The first-order valence-corrected chi connectivity index (χ1v) is 9.60. The number of aryl methyl sites for hydroxylation is 1. The van der Waals surface area contributed by atoms with Gasteiger partial charge in [-0.3, -0.25) is 14.5 Å². The summed E-state index contributed by atoms with van der Waals surface area (Å²) < 4.78 is 28.7. The van der Waals surface area contributed by atoms with Crippen molar-refractivity contribution < 1.29 is 23.2 Å². The van der Waals surface area contributed by atoms with E-state index in [0.29, 0.717) is 5.69 Å². The van der Waals surface area contributed by atoms with Crippen molar-refractivity contribution in [1.82, 2.24) is 24.8 Å². The van der Waals surface area contributed by atoms with E-state index in [1.165, 1.54) is 6.33 Å². The highest BCUT2D eigenvalue weighted by Gasteiger charge is 2.55.